The van der Waals surface area contributed by atoms with E-state index in [1.54, 1.807) is 0 Å². The molecule has 0 saturated carbocycles. The van der Waals surface area contributed by atoms with Gasteiger partial charge in [0, 0.05) is 54.9 Å². The Labute approximate surface area is 504 Å². The maximum atomic E-state index is 10.1. The second kappa shape index (κ2) is 21.6. The van der Waals surface area contributed by atoms with Gasteiger partial charge in [-0.15, -0.1) is 0 Å². The fraction of sp³-hybridized carbons (Fsp3) is 0. The average Bonchev–Trinajstić information content (AvgIpc) is 1.65. The van der Waals surface area contributed by atoms with Gasteiger partial charge in [0.25, 0.3) is 0 Å². The average molecular weight is 1120 g/mol. The third kappa shape index (κ3) is 9.18. The van der Waals surface area contributed by atoms with E-state index in [-0.39, 0.29) is 0 Å². The quantitative estimate of drug-likeness (QED) is 0.128. The molecular weight excluding hydrogens is 1080 g/mol. The molecule has 0 aliphatic heterocycles. The van der Waals surface area contributed by atoms with Gasteiger partial charge in [0.05, 0.1) is 80.0 Å². The number of hydrogen-bond acceptors (Lipinski definition) is 10. The molecule has 0 bridgehead atoms. The number of rotatable bonds is 10. The summed E-state index contributed by atoms with van der Waals surface area (Å²) in [5.41, 5.74) is 15.3. The highest BCUT2D eigenvalue weighted by Gasteiger charge is 2.24. The molecule has 11 aromatic carbocycles. The number of nitrogens with zero attached hydrogens (tertiary/aromatic N) is 12. The molecule has 0 saturated heterocycles. The summed E-state index contributed by atoms with van der Waals surface area (Å²) in [6.45, 7) is 0. The Hall–Kier alpha value is -13.0. The lowest BCUT2D eigenvalue weighted by atomic mass is 9.95. The highest BCUT2D eigenvalue weighted by molar-refractivity contribution is 6.12. The second-order valence-corrected chi connectivity index (χ2v) is 21.2. The van der Waals surface area contributed by atoms with Crippen LogP contribution in [0.15, 0.2) is 255 Å². The fourth-order valence-electron chi connectivity index (χ4n) is 11.8. The van der Waals surface area contributed by atoms with E-state index in [0.29, 0.717) is 68.3 Å². The van der Waals surface area contributed by atoms with Crippen molar-refractivity contribution in [3.63, 3.8) is 0 Å². The third-order valence-electron chi connectivity index (χ3n) is 15.9. The highest BCUT2D eigenvalue weighted by atomic mass is 15.1. The molecule has 4 heterocycles. The molecule has 12 nitrogen and oxygen atoms in total. The van der Waals surface area contributed by atoms with E-state index in [4.69, 9.17) is 29.9 Å². The van der Waals surface area contributed by atoms with Gasteiger partial charge in [-0.3, -0.25) is 0 Å². The van der Waals surface area contributed by atoms with Crippen LogP contribution in [0, 0.1) is 45.3 Å². The van der Waals surface area contributed by atoms with Crippen LogP contribution >= 0.6 is 0 Å². The van der Waals surface area contributed by atoms with Crippen molar-refractivity contribution in [1.82, 2.24) is 39.0 Å². The first-order valence-electron chi connectivity index (χ1n) is 28.3. The largest absolute Gasteiger partial charge is 0.308 e. The molecule has 0 N–H and O–H groups in total. The summed E-state index contributed by atoms with van der Waals surface area (Å²) in [5, 5.41) is 43.8. The number of benzene rings is 11. The lowest BCUT2D eigenvalue weighted by Gasteiger charge is -2.17. The normalized spacial score (nSPS) is 11.1. The Morgan fingerprint density at radius 1 is 0.227 bits per heavy atom. The maximum absolute atomic E-state index is 10.1. The summed E-state index contributed by atoms with van der Waals surface area (Å²) in [5.74, 6) is 2.91. The van der Waals surface area contributed by atoms with Crippen LogP contribution < -0.4 is 0 Å². The lowest BCUT2D eigenvalue weighted by molar-refractivity contribution is 1.06. The molecule has 0 aliphatic carbocycles. The molecule has 0 fully saturated rings. The Kier molecular flexibility index (Phi) is 12.7. The summed E-state index contributed by atoms with van der Waals surface area (Å²) in [4.78, 5) is 31.3. The summed E-state index contributed by atoms with van der Waals surface area (Å²) >= 11 is 0. The van der Waals surface area contributed by atoms with E-state index < -0.39 is 0 Å². The first kappa shape index (κ1) is 51.8. The first-order chi connectivity index (χ1) is 43.4. The van der Waals surface area contributed by atoms with Crippen LogP contribution in [0.1, 0.15) is 22.3 Å². The van der Waals surface area contributed by atoms with Crippen LogP contribution in [-0.4, -0.2) is 39.0 Å². The maximum Gasteiger partial charge on any atom is 0.166 e. The van der Waals surface area contributed by atoms with Gasteiger partial charge in [-0.05, 0) is 125 Å². The molecule has 0 atom stereocenters. The van der Waals surface area contributed by atoms with Crippen molar-refractivity contribution in [3.8, 4) is 126 Å². The molecule has 0 unspecified atom stereocenters. The summed E-state index contributed by atoms with van der Waals surface area (Å²) in [6.07, 6.45) is 0. The zero-order valence-corrected chi connectivity index (χ0v) is 46.6. The van der Waals surface area contributed by atoms with E-state index in [2.05, 4.69) is 94.1 Å². The Balaban J connectivity index is 0.956. The predicted molar refractivity (Wildman–Crippen MR) is 344 cm³/mol. The van der Waals surface area contributed by atoms with Gasteiger partial charge in [0.15, 0.2) is 34.9 Å². The Morgan fingerprint density at radius 2 is 0.489 bits per heavy atom. The summed E-state index contributed by atoms with van der Waals surface area (Å²) in [6, 6.07) is 92.5. The van der Waals surface area contributed by atoms with Gasteiger partial charge >= 0.3 is 0 Å². The Morgan fingerprint density at radius 3 is 0.773 bits per heavy atom. The number of fused-ring (bicyclic) bond motifs is 6. The molecule has 4 aromatic heterocycles. The van der Waals surface area contributed by atoms with Crippen molar-refractivity contribution in [2.45, 2.75) is 0 Å². The minimum atomic E-state index is 0.443. The highest BCUT2D eigenvalue weighted by Crippen LogP contribution is 2.42. The van der Waals surface area contributed by atoms with E-state index in [1.165, 1.54) is 0 Å². The van der Waals surface area contributed by atoms with Crippen molar-refractivity contribution in [1.29, 1.82) is 21.0 Å². The van der Waals surface area contributed by atoms with E-state index in [9.17, 15) is 21.0 Å². The van der Waals surface area contributed by atoms with Crippen LogP contribution in [-0.2, 0) is 0 Å². The number of aromatic nitrogens is 8. The van der Waals surface area contributed by atoms with Crippen LogP contribution in [0.3, 0.4) is 0 Å². The van der Waals surface area contributed by atoms with Crippen molar-refractivity contribution < 1.29 is 0 Å². The monoisotopic (exact) mass is 1120 g/mol. The molecular formula is C76H42N12. The van der Waals surface area contributed by atoms with Gasteiger partial charge in [-0.1, -0.05) is 152 Å². The lowest BCUT2D eigenvalue weighted by Crippen LogP contribution is -2.04. The molecule has 15 aromatic rings. The van der Waals surface area contributed by atoms with E-state index in [0.717, 1.165) is 99.5 Å². The second-order valence-electron chi connectivity index (χ2n) is 21.2. The zero-order chi connectivity index (χ0) is 59.2. The zero-order valence-electron chi connectivity index (χ0n) is 46.6. The molecule has 0 amide bonds. The predicted octanol–water partition coefficient (Wildman–Crippen LogP) is 17.1. The number of nitriles is 4. The molecule has 406 valence electrons. The van der Waals surface area contributed by atoms with Crippen molar-refractivity contribution >= 4 is 43.6 Å². The molecule has 88 heavy (non-hydrogen) atoms. The van der Waals surface area contributed by atoms with E-state index in [1.807, 2.05) is 194 Å². The van der Waals surface area contributed by atoms with Gasteiger partial charge in [0.1, 0.15) is 0 Å². The molecule has 0 aliphatic rings. The standard InChI is InChI=1S/C76H42N12/c77-43-47-24-30-65-59(36-47)60-37-48(44-78)25-31-66(60)87(65)69-34-28-57(41-63(69)75-83-71(51-14-5-1-6-15-51)81-72(84-75)52-16-7-2-8-17-52)55-22-13-23-56(40-55)58-29-35-70(88-67-32-26-49(45-79)38-61(67)62-39-50(46-80)27-33-68(62)88)64(42-58)76-85-73(53-18-9-3-10-19-53)82-74(86-76)54-20-11-4-12-21-54/h1-42H. The smallest absolute Gasteiger partial charge is 0.166 e. The Bertz CT molecular complexity index is 4900. The van der Waals surface area contributed by atoms with Crippen molar-refractivity contribution in [3.05, 3.63) is 277 Å². The van der Waals surface area contributed by atoms with Crippen LogP contribution in [0.2, 0.25) is 0 Å². The SMILES string of the molecule is N#Cc1ccc2c(c1)c1cc(C#N)ccc1n2-c1ccc(-c2cccc(-c3ccc(-n4c5ccc(C#N)cc5c5cc(C#N)ccc54)c(-c4nc(-c5ccccc5)nc(-c5ccccc5)n4)c3)c2)cc1-c1nc(-c2ccccc2)nc(-c2ccccc2)n1. The fourth-order valence-corrected chi connectivity index (χ4v) is 11.8. The third-order valence-corrected chi connectivity index (χ3v) is 15.9. The van der Waals surface area contributed by atoms with Gasteiger partial charge < -0.3 is 9.13 Å². The minimum absolute atomic E-state index is 0.443. The number of hydrogen-bond donors (Lipinski definition) is 0. The molecule has 0 radical (unpaired) electrons. The van der Waals surface area contributed by atoms with Gasteiger partial charge in [0.2, 0.25) is 0 Å². The molecule has 0 spiro atoms. The van der Waals surface area contributed by atoms with E-state index >= 15 is 0 Å². The summed E-state index contributed by atoms with van der Waals surface area (Å²) in [7, 11) is 0. The van der Waals surface area contributed by atoms with Crippen LogP contribution in [0.5, 0.6) is 0 Å². The first-order valence-corrected chi connectivity index (χ1v) is 28.3. The molecule has 12 heteroatoms. The summed E-state index contributed by atoms with van der Waals surface area (Å²) < 4.78 is 4.32. The van der Waals surface area contributed by atoms with Crippen molar-refractivity contribution in [2.75, 3.05) is 0 Å². The van der Waals surface area contributed by atoms with Gasteiger partial charge in [-0.2, -0.15) is 21.0 Å². The van der Waals surface area contributed by atoms with Crippen molar-refractivity contribution in [2.24, 2.45) is 0 Å². The topological polar surface area (TPSA) is 182 Å². The van der Waals surface area contributed by atoms with Crippen LogP contribution in [0.4, 0.5) is 0 Å². The molecule has 15 rings (SSSR count). The minimum Gasteiger partial charge on any atom is -0.308 e. The van der Waals surface area contributed by atoms with Crippen LogP contribution in [0.25, 0.3) is 146 Å². The van der Waals surface area contributed by atoms with Gasteiger partial charge in [-0.25, -0.2) is 29.9 Å².